The van der Waals surface area contributed by atoms with Gasteiger partial charge in [-0.1, -0.05) is 6.07 Å². The number of carbonyl (C=O) groups excluding carboxylic acids is 1. The van der Waals surface area contributed by atoms with Crippen LogP contribution in [-0.4, -0.2) is 30.6 Å². The van der Waals surface area contributed by atoms with E-state index < -0.39 is 0 Å². The molecule has 2 heterocycles. The van der Waals surface area contributed by atoms with Gasteiger partial charge in [-0.15, -0.1) is 0 Å². The Labute approximate surface area is 141 Å². The van der Waals surface area contributed by atoms with Crippen molar-refractivity contribution in [1.82, 2.24) is 4.98 Å². The molecule has 0 spiro atoms. The van der Waals surface area contributed by atoms with E-state index in [1.807, 2.05) is 42.2 Å². The summed E-state index contributed by atoms with van der Waals surface area (Å²) in [5, 5.41) is 0. The molecular weight excluding hydrogens is 304 g/mol. The summed E-state index contributed by atoms with van der Waals surface area (Å²) in [6.07, 6.45) is 4.33. The molecule has 5 nitrogen and oxygen atoms in total. The fraction of sp³-hybridized carbons (Fsp3) is 0.368. The molecular formula is C19H20N2O3. The average molecular weight is 324 g/mol. The standard InChI is InChI=1S/C19H20N2O3/c1-2-21(14-5-7-20-8-6-14)19(22)16-12-15(16)13-3-4-17-18(11-13)24-10-9-23-17/h3-8,11,15-16H,2,9-10,12H2,1H3. The Morgan fingerprint density at radius 1 is 1.17 bits per heavy atom. The first-order valence-corrected chi connectivity index (χ1v) is 8.39. The van der Waals surface area contributed by atoms with E-state index >= 15 is 0 Å². The van der Waals surface area contributed by atoms with Gasteiger partial charge in [-0.2, -0.15) is 0 Å². The fourth-order valence-electron chi connectivity index (χ4n) is 3.32. The number of aromatic nitrogens is 1. The number of nitrogens with zero attached hydrogens (tertiary/aromatic N) is 2. The number of pyridine rings is 1. The highest BCUT2D eigenvalue weighted by Crippen LogP contribution is 2.50. The summed E-state index contributed by atoms with van der Waals surface area (Å²) in [5.74, 6) is 2.08. The maximum Gasteiger partial charge on any atom is 0.230 e. The maximum absolute atomic E-state index is 12.9. The molecule has 24 heavy (non-hydrogen) atoms. The summed E-state index contributed by atoms with van der Waals surface area (Å²) in [5.41, 5.74) is 2.06. The summed E-state index contributed by atoms with van der Waals surface area (Å²) in [4.78, 5) is 18.7. The van der Waals surface area contributed by atoms with Gasteiger partial charge < -0.3 is 14.4 Å². The van der Waals surface area contributed by atoms with Crippen LogP contribution in [0.2, 0.25) is 0 Å². The number of hydrogen-bond acceptors (Lipinski definition) is 4. The van der Waals surface area contributed by atoms with Crippen molar-refractivity contribution in [2.45, 2.75) is 19.3 Å². The Kier molecular flexibility index (Phi) is 3.84. The molecule has 1 aliphatic heterocycles. The monoisotopic (exact) mass is 324 g/mol. The molecule has 0 bridgehead atoms. The molecule has 0 saturated heterocycles. The minimum absolute atomic E-state index is 0.0423. The van der Waals surface area contributed by atoms with Crippen molar-refractivity contribution >= 4 is 11.6 Å². The van der Waals surface area contributed by atoms with Gasteiger partial charge in [0.25, 0.3) is 0 Å². The van der Waals surface area contributed by atoms with E-state index in [-0.39, 0.29) is 17.7 Å². The molecule has 1 aromatic carbocycles. The predicted octanol–water partition coefficient (Wildman–Crippen LogP) is 3.01. The largest absolute Gasteiger partial charge is 0.486 e. The van der Waals surface area contributed by atoms with Crippen molar-refractivity contribution in [3.8, 4) is 11.5 Å². The zero-order chi connectivity index (χ0) is 16.5. The number of rotatable bonds is 4. The van der Waals surface area contributed by atoms with Gasteiger partial charge in [-0.05, 0) is 49.1 Å². The van der Waals surface area contributed by atoms with Crippen molar-refractivity contribution < 1.29 is 14.3 Å². The second-order valence-electron chi connectivity index (χ2n) is 6.14. The summed E-state index contributed by atoms with van der Waals surface area (Å²) in [6, 6.07) is 9.78. The van der Waals surface area contributed by atoms with E-state index in [2.05, 4.69) is 4.98 Å². The van der Waals surface area contributed by atoms with Crippen LogP contribution in [0.15, 0.2) is 42.7 Å². The number of fused-ring (bicyclic) bond motifs is 1. The quantitative estimate of drug-likeness (QED) is 0.867. The SMILES string of the molecule is CCN(C(=O)C1CC1c1ccc2c(c1)OCCO2)c1ccncc1. The first kappa shape index (κ1) is 15.0. The van der Waals surface area contributed by atoms with Crippen LogP contribution in [0.25, 0.3) is 0 Å². The third-order valence-corrected chi connectivity index (χ3v) is 4.66. The van der Waals surface area contributed by atoms with Crippen LogP contribution >= 0.6 is 0 Å². The van der Waals surface area contributed by atoms with Crippen LogP contribution in [0.1, 0.15) is 24.8 Å². The highest BCUT2D eigenvalue weighted by molar-refractivity contribution is 5.97. The Morgan fingerprint density at radius 3 is 2.67 bits per heavy atom. The van der Waals surface area contributed by atoms with Gasteiger partial charge in [-0.25, -0.2) is 0 Å². The number of amides is 1. The Balaban J connectivity index is 1.50. The van der Waals surface area contributed by atoms with Gasteiger partial charge in [0.2, 0.25) is 5.91 Å². The molecule has 2 unspecified atom stereocenters. The second-order valence-corrected chi connectivity index (χ2v) is 6.14. The zero-order valence-electron chi connectivity index (χ0n) is 13.6. The topological polar surface area (TPSA) is 51.7 Å². The van der Waals surface area contributed by atoms with Gasteiger partial charge >= 0.3 is 0 Å². The summed E-state index contributed by atoms with van der Waals surface area (Å²) < 4.78 is 11.2. The molecule has 5 heteroatoms. The number of ether oxygens (including phenoxy) is 2. The van der Waals surface area contributed by atoms with Crippen LogP contribution < -0.4 is 14.4 Å². The van der Waals surface area contributed by atoms with Crippen molar-refractivity contribution in [3.05, 3.63) is 48.3 Å². The normalized spacial score (nSPS) is 21.2. The first-order chi connectivity index (χ1) is 11.8. The fourth-order valence-corrected chi connectivity index (χ4v) is 3.32. The summed E-state index contributed by atoms with van der Waals surface area (Å²) >= 11 is 0. The van der Waals surface area contributed by atoms with Gasteiger partial charge in [0, 0.05) is 30.5 Å². The highest BCUT2D eigenvalue weighted by atomic mass is 16.6. The van der Waals surface area contributed by atoms with Crippen LogP contribution in [0.4, 0.5) is 5.69 Å². The van der Waals surface area contributed by atoms with Crippen molar-refractivity contribution in [2.75, 3.05) is 24.7 Å². The van der Waals surface area contributed by atoms with Gasteiger partial charge in [0.05, 0.1) is 0 Å². The molecule has 0 N–H and O–H groups in total. The molecule has 1 aliphatic carbocycles. The number of anilines is 1. The number of benzene rings is 1. The molecule has 2 atom stereocenters. The van der Waals surface area contributed by atoms with Crippen LogP contribution in [0, 0.1) is 5.92 Å². The molecule has 124 valence electrons. The number of carbonyl (C=O) groups is 1. The van der Waals surface area contributed by atoms with E-state index in [1.165, 1.54) is 0 Å². The zero-order valence-corrected chi connectivity index (χ0v) is 13.6. The second kappa shape index (κ2) is 6.15. The Morgan fingerprint density at radius 2 is 1.92 bits per heavy atom. The lowest BCUT2D eigenvalue weighted by Crippen LogP contribution is -2.32. The highest BCUT2D eigenvalue weighted by Gasteiger charge is 2.46. The Bertz CT molecular complexity index is 748. The predicted molar refractivity (Wildman–Crippen MR) is 90.5 cm³/mol. The van der Waals surface area contributed by atoms with E-state index in [9.17, 15) is 4.79 Å². The summed E-state index contributed by atoms with van der Waals surface area (Å²) in [6.45, 7) is 3.83. The van der Waals surface area contributed by atoms with E-state index in [1.54, 1.807) is 12.4 Å². The molecule has 1 saturated carbocycles. The van der Waals surface area contributed by atoms with Crippen LogP contribution in [0.5, 0.6) is 11.5 Å². The minimum atomic E-state index is 0.0423. The smallest absolute Gasteiger partial charge is 0.230 e. The van der Waals surface area contributed by atoms with Gasteiger partial charge in [0.1, 0.15) is 13.2 Å². The van der Waals surface area contributed by atoms with E-state index in [0.29, 0.717) is 19.8 Å². The summed E-state index contributed by atoms with van der Waals surface area (Å²) in [7, 11) is 0. The van der Waals surface area contributed by atoms with Gasteiger partial charge in [0.15, 0.2) is 11.5 Å². The van der Waals surface area contributed by atoms with Crippen molar-refractivity contribution in [2.24, 2.45) is 5.92 Å². The third-order valence-electron chi connectivity index (χ3n) is 4.66. The average Bonchev–Trinajstić information content (AvgIpc) is 3.43. The molecule has 2 aliphatic rings. The lowest BCUT2D eigenvalue weighted by molar-refractivity contribution is -0.119. The number of hydrogen-bond donors (Lipinski definition) is 0. The lowest BCUT2D eigenvalue weighted by Gasteiger charge is -2.21. The van der Waals surface area contributed by atoms with E-state index in [0.717, 1.165) is 29.2 Å². The van der Waals surface area contributed by atoms with E-state index in [4.69, 9.17) is 9.47 Å². The molecule has 4 rings (SSSR count). The first-order valence-electron chi connectivity index (χ1n) is 8.39. The van der Waals surface area contributed by atoms with Crippen molar-refractivity contribution in [1.29, 1.82) is 0 Å². The Hall–Kier alpha value is -2.56. The molecule has 0 radical (unpaired) electrons. The van der Waals surface area contributed by atoms with Crippen LogP contribution in [-0.2, 0) is 4.79 Å². The minimum Gasteiger partial charge on any atom is -0.486 e. The van der Waals surface area contributed by atoms with Gasteiger partial charge in [-0.3, -0.25) is 9.78 Å². The molecule has 1 fully saturated rings. The molecule has 2 aromatic rings. The molecule has 1 aromatic heterocycles. The third kappa shape index (κ3) is 2.70. The maximum atomic E-state index is 12.9. The van der Waals surface area contributed by atoms with Crippen LogP contribution in [0.3, 0.4) is 0 Å². The molecule has 1 amide bonds. The lowest BCUT2D eigenvalue weighted by atomic mass is 10.1. The van der Waals surface area contributed by atoms with Crippen molar-refractivity contribution in [3.63, 3.8) is 0 Å².